The predicted octanol–water partition coefficient (Wildman–Crippen LogP) is 1.60. The van der Waals surface area contributed by atoms with Gasteiger partial charge >= 0.3 is 0 Å². The van der Waals surface area contributed by atoms with Crippen molar-refractivity contribution in [1.82, 2.24) is 20.9 Å². The minimum Gasteiger partial charge on any atom is -0.373 e. The molecule has 1 atom stereocenters. The van der Waals surface area contributed by atoms with Gasteiger partial charge in [-0.15, -0.1) is 0 Å². The summed E-state index contributed by atoms with van der Waals surface area (Å²) in [6.45, 7) is 8.48. The maximum Gasteiger partial charge on any atom is 0.251 e. The summed E-state index contributed by atoms with van der Waals surface area (Å²) in [6.07, 6.45) is 2.17. The number of amides is 1. The first-order chi connectivity index (χ1) is 13.4. The zero-order valence-corrected chi connectivity index (χ0v) is 17.7. The number of benzene rings is 1. The molecule has 1 fully saturated rings. The lowest BCUT2D eigenvalue weighted by molar-refractivity contribution is 0.0243. The lowest BCUT2D eigenvalue weighted by atomic mass is 10.0. The van der Waals surface area contributed by atoms with Crippen molar-refractivity contribution in [2.24, 2.45) is 4.99 Å². The van der Waals surface area contributed by atoms with Gasteiger partial charge in [0.1, 0.15) is 0 Å². The second-order valence-electron chi connectivity index (χ2n) is 7.71. The minimum absolute atomic E-state index is 0.0518. The molecule has 0 aliphatic carbocycles. The number of carbonyl (C=O) groups excluding carboxylic acids is 1. The molecule has 1 heterocycles. The fraction of sp³-hybridized carbons (Fsp3) is 0.619. The van der Waals surface area contributed by atoms with Gasteiger partial charge in [0.25, 0.3) is 5.91 Å². The minimum atomic E-state index is -0.124. The van der Waals surface area contributed by atoms with Crippen LogP contribution >= 0.6 is 0 Å². The first-order valence-electron chi connectivity index (χ1n) is 10.1. The molecule has 1 aromatic rings. The number of carbonyl (C=O) groups is 1. The molecule has 0 radical (unpaired) electrons. The van der Waals surface area contributed by atoms with Crippen LogP contribution in [-0.2, 0) is 11.3 Å². The highest BCUT2D eigenvalue weighted by Gasteiger charge is 2.29. The van der Waals surface area contributed by atoms with Crippen molar-refractivity contribution in [3.05, 3.63) is 35.4 Å². The summed E-state index contributed by atoms with van der Waals surface area (Å²) in [5.74, 6) is 0.712. The molecule has 28 heavy (non-hydrogen) atoms. The van der Waals surface area contributed by atoms with Crippen LogP contribution in [0, 0.1) is 0 Å². The first-order valence-corrected chi connectivity index (χ1v) is 10.1. The zero-order chi connectivity index (χ0) is 20.4. The van der Waals surface area contributed by atoms with Crippen LogP contribution in [0.2, 0.25) is 0 Å². The van der Waals surface area contributed by atoms with Crippen molar-refractivity contribution < 1.29 is 9.53 Å². The molecule has 1 aliphatic heterocycles. The standard InChI is InChI=1S/C21H35N5O2/c1-5-22-20(25-16-21(2)10-7-13-28-21)24-15-17-8-6-9-18(14-17)19(27)23-11-12-26(3)4/h6,8-9,14H,5,7,10-13,15-16H2,1-4H3,(H,23,27)(H2,22,24,25). The summed E-state index contributed by atoms with van der Waals surface area (Å²) in [4.78, 5) is 19.0. The Morgan fingerprint density at radius 2 is 2.11 bits per heavy atom. The number of ether oxygens (including phenoxy) is 1. The smallest absolute Gasteiger partial charge is 0.251 e. The van der Waals surface area contributed by atoms with Crippen LogP contribution in [0.1, 0.15) is 42.6 Å². The molecule has 0 spiro atoms. The fourth-order valence-corrected chi connectivity index (χ4v) is 3.07. The summed E-state index contributed by atoms with van der Waals surface area (Å²) < 4.78 is 5.83. The molecule has 1 aromatic carbocycles. The van der Waals surface area contributed by atoms with Crippen molar-refractivity contribution >= 4 is 11.9 Å². The van der Waals surface area contributed by atoms with Crippen molar-refractivity contribution in [2.45, 2.75) is 38.8 Å². The molecule has 1 unspecified atom stereocenters. The Balaban J connectivity index is 1.93. The molecular weight excluding hydrogens is 354 g/mol. The summed E-state index contributed by atoms with van der Waals surface area (Å²) in [5, 5.41) is 9.59. The normalized spacial score (nSPS) is 19.7. The molecule has 7 nitrogen and oxygen atoms in total. The van der Waals surface area contributed by atoms with Crippen LogP contribution < -0.4 is 16.0 Å². The number of hydrogen-bond donors (Lipinski definition) is 3. The van der Waals surface area contributed by atoms with Gasteiger partial charge in [0.15, 0.2) is 5.96 Å². The quantitative estimate of drug-likeness (QED) is 0.442. The van der Waals surface area contributed by atoms with E-state index in [4.69, 9.17) is 4.74 Å². The van der Waals surface area contributed by atoms with Crippen LogP contribution in [0.3, 0.4) is 0 Å². The average molecular weight is 390 g/mol. The van der Waals surface area contributed by atoms with Crippen molar-refractivity contribution in [3.63, 3.8) is 0 Å². The summed E-state index contributed by atoms with van der Waals surface area (Å²) in [6, 6.07) is 7.63. The maximum atomic E-state index is 12.3. The highest BCUT2D eigenvalue weighted by Crippen LogP contribution is 2.23. The number of nitrogens with zero attached hydrogens (tertiary/aromatic N) is 2. The Morgan fingerprint density at radius 1 is 1.29 bits per heavy atom. The monoisotopic (exact) mass is 389 g/mol. The zero-order valence-electron chi connectivity index (χ0n) is 17.7. The number of guanidine groups is 1. The Hall–Kier alpha value is -2.12. The number of likely N-dealkylation sites (N-methyl/N-ethyl adjacent to an activating group) is 1. The molecule has 0 aromatic heterocycles. The Kier molecular flexibility index (Phi) is 8.73. The second-order valence-corrected chi connectivity index (χ2v) is 7.71. The van der Waals surface area contributed by atoms with E-state index in [1.54, 1.807) is 0 Å². The van der Waals surface area contributed by atoms with Crippen molar-refractivity contribution in [3.8, 4) is 0 Å². The topological polar surface area (TPSA) is 78.0 Å². The summed E-state index contributed by atoms with van der Waals surface area (Å²) in [5.41, 5.74) is 1.54. The highest BCUT2D eigenvalue weighted by atomic mass is 16.5. The van der Waals surface area contributed by atoms with Crippen LogP contribution in [-0.4, -0.2) is 69.2 Å². The summed E-state index contributed by atoms with van der Waals surface area (Å²) >= 11 is 0. The first kappa shape index (κ1) is 22.2. The fourth-order valence-electron chi connectivity index (χ4n) is 3.07. The van der Waals surface area contributed by atoms with E-state index in [9.17, 15) is 4.79 Å². The van der Waals surface area contributed by atoms with Crippen molar-refractivity contribution in [2.75, 3.05) is 46.9 Å². The third-order valence-electron chi connectivity index (χ3n) is 4.73. The Labute approximate surface area is 168 Å². The Morgan fingerprint density at radius 3 is 2.79 bits per heavy atom. The molecular formula is C21H35N5O2. The van der Waals surface area contributed by atoms with E-state index in [1.807, 2.05) is 50.2 Å². The Bertz CT molecular complexity index is 654. The van der Waals surface area contributed by atoms with Gasteiger partial charge in [-0.25, -0.2) is 4.99 Å². The average Bonchev–Trinajstić information content (AvgIpc) is 3.11. The number of hydrogen-bond acceptors (Lipinski definition) is 4. The lowest BCUT2D eigenvalue weighted by Crippen LogP contribution is -2.45. The highest BCUT2D eigenvalue weighted by molar-refractivity contribution is 5.94. The van der Waals surface area contributed by atoms with E-state index in [0.29, 0.717) is 18.7 Å². The molecule has 0 saturated carbocycles. The van der Waals surface area contributed by atoms with E-state index < -0.39 is 0 Å². The largest absolute Gasteiger partial charge is 0.373 e. The SMILES string of the molecule is CCNC(=NCc1cccc(C(=O)NCCN(C)C)c1)NCC1(C)CCCO1. The molecule has 2 rings (SSSR count). The van der Waals surface area contributed by atoms with Crippen LogP contribution in [0.15, 0.2) is 29.3 Å². The second kappa shape index (κ2) is 11.0. The van der Waals surface area contributed by atoms with Gasteiger partial charge in [0, 0.05) is 38.3 Å². The van der Waals surface area contributed by atoms with Crippen LogP contribution in [0.5, 0.6) is 0 Å². The number of aliphatic imine (C=N–C) groups is 1. The van der Waals surface area contributed by atoms with Crippen LogP contribution in [0.4, 0.5) is 0 Å². The van der Waals surface area contributed by atoms with E-state index in [1.165, 1.54) is 0 Å². The van der Waals surface area contributed by atoms with Gasteiger partial charge in [-0.2, -0.15) is 0 Å². The number of nitrogens with one attached hydrogen (secondary N) is 3. The molecule has 7 heteroatoms. The van der Waals surface area contributed by atoms with Gasteiger partial charge in [-0.05, 0) is 58.5 Å². The molecule has 1 aliphatic rings. The third-order valence-corrected chi connectivity index (χ3v) is 4.73. The molecule has 1 saturated heterocycles. The third kappa shape index (κ3) is 7.48. The number of rotatable bonds is 9. The van der Waals surface area contributed by atoms with Crippen LogP contribution in [0.25, 0.3) is 0 Å². The maximum absolute atomic E-state index is 12.3. The van der Waals surface area contributed by atoms with Gasteiger partial charge in [-0.3, -0.25) is 4.79 Å². The molecule has 3 N–H and O–H groups in total. The predicted molar refractivity (Wildman–Crippen MR) is 114 cm³/mol. The van der Waals surface area contributed by atoms with Gasteiger partial charge in [0.2, 0.25) is 0 Å². The van der Waals surface area contributed by atoms with Crippen molar-refractivity contribution in [1.29, 1.82) is 0 Å². The molecule has 0 bridgehead atoms. The molecule has 156 valence electrons. The van der Waals surface area contributed by atoms with E-state index in [-0.39, 0.29) is 11.5 Å². The molecule has 1 amide bonds. The van der Waals surface area contributed by atoms with E-state index in [0.717, 1.165) is 50.6 Å². The van der Waals surface area contributed by atoms with Gasteiger partial charge in [-0.1, -0.05) is 12.1 Å². The van der Waals surface area contributed by atoms with Gasteiger partial charge in [0.05, 0.1) is 12.1 Å². The van der Waals surface area contributed by atoms with Gasteiger partial charge < -0.3 is 25.6 Å². The van der Waals surface area contributed by atoms with E-state index >= 15 is 0 Å². The summed E-state index contributed by atoms with van der Waals surface area (Å²) in [7, 11) is 3.97. The lowest BCUT2D eigenvalue weighted by Gasteiger charge is -2.24. The van der Waals surface area contributed by atoms with E-state index in [2.05, 4.69) is 27.9 Å².